The van der Waals surface area contributed by atoms with E-state index in [1.165, 1.54) is 12.1 Å². The summed E-state index contributed by atoms with van der Waals surface area (Å²) in [6.45, 7) is 2.53. The third-order valence-corrected chi connectivity index (χ3v) is 4.79. The largest absolute Gasteiger partial charge is 0.352 e. The van der Waals surface area contributed by atoms with Crippen LogP contribution in [-0.2, 0) is 11.3 Å². The van der Waals surface area contributed by atoms with Gasteiger partial charge in [-0.15, -0.1) is 11.8 Å². The number of hydrogen-bond donors (Lipinski definition) is 2. The number of halogens is 1. The molecule has 0 spiro atoms. The number of carbonyl (C=O) groups excluding carboxylic acids is 1. The van der Waals surface area contributed by atoms with Crippen LogP contribution in [0.5, 0.6) is 0 Å². The molecule has 1 heterocycles. The summed E-state index contributed by atoms with van der Waals surface area (Å²) in [5, 5.41) is 6.23. The van der Waals surface area contributed by atoms with E-state index in [1.54, 1.807) is 17.8 Å². The van der Waals surface area contributed by atoms with Crippen LogP contribution in [0.25, 0.3) is 0 Å². The molecular weight excluding hydrogens is 287 g/mol. The lowest BCUT2D eigenvalue weighted by molar-refractivity contribution is -0.121. The molecule has 0 radical (unpaired) electrons. The van der Waals surface area contributed by atoms with Crippen molar-refractivity contribution in [1.82, 2.24) is 10.6 Å². The Morgan fingerprint density at radius 3 is 2.90 bits per heavy atom. The summed E-state index contributed by atoms with van der Waals surface area (Å²) in [6, 6.07) is 4.71. The number of nitrogens with one attached hydrogen (secondary N) is 2. The van der Waals surface area contributed by atoms with Crippen LogP contribution in [0, 0.1) is 11.7 Å². The lowest BCUT2D eigenvalue weighted by atomic mass is 9.93. The summed E-state index contributed by atoms with van der Waals surface area (Å²) in [6.07, 6.45) is 5.79. The van der Waals surface area contributed by atoms with E-state index in [2.05, 4.69) is 10.6 Å². The maximum atomic E-state index is 13.3. The lowest BCUT2D eigenvalue weighted by Gasteiger charge is -2.22. The van der Waals surface area contributed by atoms with Crippen LogP contribution in [0.4, 0.5) is 4.39 Å². The van der Waals surface area contributed by atoms with Crippen molar-refractivity contribution in [2.45, 2.75) is 37.1 Å². The second-order valence-corrected chi connectivity index (χ2v) is 6.31. The van der Waals surface area contributed by atoms with Crippen LogP contribution in [0.3, 0.4) is 0 Å². The Kier molecular flexibility index (Phi) is 6.51. The molecule has 1 aliphatic rings. The maximum absolute atomic E-state index is 13.3. The number of benzene rings is 1. The zero-order chi connectivity index (χ0) is 15.1. The Morgan fingerprint density at radius 1 is 1.43 bits per heavy atom. The normalized spacial score (nSPS) is 15.9. The first-order valence-corrected chi connectivity index (χ1v) is 8.71. The molecule has 1 saturated heterocycles. The van der Waals surface area contributed by atoms with E-state index >= 15 is 0 Å². The Balaban J connectivity index is 1.76. The van der Waals surface area contributed by atoms with Gasteiger partial charge in [-0.05, 0) is 68.3 Å². The van der Waals surface area contributed by atoms with Crippen molar-refractivity contribution < 1.29 is 9.18 Å². The van der Waals surface area contributed by atoms with Gasteiger partial charge in [-0.1, -0.05) is 0 Å². The fourth-order valence-corrected chi connectivity index (χ4v) is 3.27. The van der Waals surface area contributed by atoms with Gasteiger partial charge in [0.1, 0.15) is 5.82 Å². The first-order valence-electron chi connectivity index (χ1n) is 7.49. The molecule has 116 valence electrons. The molecule has 1 aliphatic heterocycles. The van der Waals surface area contributed by atoms with E-state index in [-0.39, 0.29) is 11.7 Å². The summed E-state index contributed by atoms with van der Waals surface area (Å²) in [5.74, 6) is 0.463. The quantitative estimate of drug-likeness (QED) is 0.794. The molecule has 1 amide bonds. The van der Waals surface area contributed by atoms with Crippen LogP contribution in [-0.4, -0.2) is 25.3 Å². The zero-order valence-electron chi connectivity index (χ0n) is 12.5. The van der Waals surface area contributed by atoms with Gasteiger partial charge in [0.05, 0.1) is 0 Å². The third kappa shape index (κ3) is 5.32. The maximum Gasteiger partial charge on any atom is 0.220 e. The molecule has 0 saturated carbocycles. The predicted molar refractivity (Wildman–Crippen MR) is 84.9 cm³/mol. The van der Waals surface area contributed by atoms with E-state index < -0.39 is 0 Å². The molecule has 2 rings (SSSR count). The molecule has 1 aromatic rings. The van der Waals surface area contributed by atoms with Gasteiger partial charge in [0, 0.05) is 17.9 Å². The highest BCUT2D eigenvalue weighted by atomic mass is 32.2. The minimum absolute atomic E-state index is 0.0600. The number of thioether (sulfide) groups is 1. The first kappa shape index (κ1) is 16.3. The molecule has 0 unspecified atom stereocenters. The summed E-state index contributed by atoms with van der Waals surface area (Å²) >= 11 is 1.57. The number of carbonyl (C=O) groups is 1. The Hall–Kier alpha value is -1.07. The monoisotopic (exact) mass is 310 g/mol. The fourth-order valence-electron chi connectivity index (χ4n) is 2.67. The van der Waals surface area contributed by atoms with Crippen LogP contribution in [0.2, 0.25) is 0 Å². The molecule has 3 nitrogen and oxygen atoms in total. The highest BCUT2D eigenvalue weighted by Crippen LogP contribution is 2.21. The van der Waals surface area contributed by atoms with Gasteiger partial charge in [-0.2, -0.15) is 0 Å². The fraction of sp³-hybridized carbons (Fsp3) is 0.562. The third-order valence-electron chi connectivity index (χ3n) is 3.96. The highest BCUT2D eigenvalue weighted by Gasteiger charge is 2.14. The van der Waals surface area contributed by atoms with E-state index in [1.807, 2.05) is 6.26 Å². The van der Waals surface area contributed by atoms with E-state index in [0.29, 0.717) is 18.9 Å². The van der Waals surface area contributed by atoms with Gasteiger partial charge in [-0.3, -0.25) is 4.79 Å². The number of amides is 1. The minimum Gasteiger partial charge on any atom is -0.352 e. The van der Waals surface area contributed by atoms with Crippen LogP contribution >= 0.6 is 11.8 Å². The molecule has 1 aromatic carbocycles. The van der Waals surface area contributed by atoms with Gasteiger partial charge in [-0.25, -0.2) is 4.39 Å². The predicted octanol–water partition coefficient (Wildman–Crippen LogP) is 2.94. The summed E-state index contributed by atoms with van der Waals surface area (Å²) in [5.41, 5.74) is 0.845. The molecule has 0 atom stereocenters. The first-order chi connectivity index (χ1) is 10.2. The number of piperidine rings is 1. The summed E-state index contributed by atoms with van der Waals surface area (Å²) < 4.78 is 13.3. The highest BCUT2D eigenvalue weighted by molar-refractivity contribution is 7.98. The Labute approximate surface area is 130 Å². The summed E-state index contributed by atoms with van der Waals surface area (Å²) in [7, 11) is 0. The van der Waals surface area contributed by atoms with Crippen LogP contribution in [0.15, 0.2) is 23.1 Å². The van der Waals surface area contributed by atoms with E-state index in [0.717, 1.165) is 42.8 Å². The molecule has 0 aromatic heterocycles. The van der Waals surface area contributed by atoms with Gasteiger partial charge >= 0.3 is 0 Å². The topological polar surface area (TPSA) is 41.1 Å². The molecule has 5 heteroatoms. The van der Waals surface area contributed by atoms with Crippen LogP contribution in [0.1, 0.15) is 31.2 Å². The van der Waals surface area contributed by atoms with Crippen molar-refractivity contribution in [3.8, 4) is 0 Å². The lowest BCUT2D eigenvalue weighted by Crippen LogP contribution is -2.29. The number of rotatable bonds is 6. The van der Waals surface area contributed by atoms with Crippen molar-refractivity contribution in [2.75, 3.05) is 19.3 Å². The number of hydrogen-bond acceptors (Lipinski definition) is 3. The van der Waals surface area contributed by atoms with Gasteiger partial charge in [0.25, 0.3) is 0 Å². The second-order valence-electron chi connectivity index (χ2n) is 5.46. The van der Waals surface area contributed by atoms with Crippen molar-refractivity contribution in [3.63, 3.8) is 0 Å². The van der Waals surface area contributed by atoms with Crippen molar-refractivity contribution in [1.29, 1.82) is 0 Å². The molecule has 0 aliphatic carbocycles. The van der Waals surface area contributed by atoms with Crippen LogP contribution < -0.4 is 10.6 Å². The van der Waals surface area contributed by atoms with Gasteiger partial charge < -0.3 is 10.6 Å². The molecule has 21 heavy (non-hydrogen) atoms. The summed E-state index contributed by atoms with van der Waals surface area (Å²) in [4.78, 5) is 12.9. The van der Waals surface area contributed by atoms with Crippen molar-refractivity contribution >= 4 is 17.7 Å². The molecule has 1 fully saturated rings. The van der Waals surface area contributed by atoms with E-state index in [9.17, 15) is 9.18 Å². The minimum atomic E-state index is -0.258. The van der Waals surface area contributed by atoms with Gasteiger partial charge in [0.2, 0.25) is 5.91 Å². The van der Waals surface area contributed by atoms with E-state index in [4.69, 9.17) is 0 Å². The van der Waals surface area contributed by atoms with Crippen molar-refractivity contribution in [3.05, 3.63) is 29.6 Å². The van der Waals surface area contributed by atoms with Crippen molar-refractivity contribution in [2.24, 2.45) is 5.92 Å². The second kappa shape index (κ2) is 8.39. The SMILES string of the molecule is CSc1ccc(F)cc1CNC(=O)CCC1CCNCC1. The van der Waals surface area contributed by atoms with Gasteiger partial charge in [0.15, 0.2) is 0 Å². The Bertz CT molecular complexity index is 475. The molecule has 2 N–H and O–H groups in total. The molecule has 0 bridgehead atoms. The zero-order valence-corrected chi connectivity index (χ0v) is 13.3. The average molecular weight is 310 g/mol. The average Bonchev–Trinajstić information content (AvgIpc) is 2.52. The standard InChI is InChI=1S/C16H23FN2OS/c1-21-15-4-3-14(17)10-13(15)11-19-16(20)5-2-12-6-8-18-9-7-12/h3-4,10,12,18H,2,5-9,11H2,1H3,(H,19,20). The smallest absolute Gasteiger partial charge is 0.220 e. The Morgan fingerprint density at radius 2 is 2.19 bits per heavy atom. The molecular formula is C16H23FN2OS.